The van der Waals surface area contributed by atoms with Gasteiger partial charge >= 0.3 is 0 Å². The summed E-state index contributed by atoms with van der Waals surface area (Å²) in [6.07, 6.45) is 2.97. The molecule has 0 radical (unpaired) electrons. The fraction of sp³-hybridized carbons (Fsp3) is 0.167. The Morgan fingerprint density at radius 1 is 1.03 bits per heavy atom. The molecule has 7 nitrogen and oxygen atoms in total. The minimum absolute atomic E-state index is 0.00354. The molecule has 2 heterocycles. The normalized spacial score (nSPS) is 10.9. The molecule has 2 aromatic heterocycles. The van der Waals surface area contributed by atoms with Crippen LogP contribution in [0.1, 0.15) is 27.4 Å². The summed E-state index contributed by atoms with van der Waals surface area (Å²) >= 11 is 0. The van der Waals surface area contributed by atoms with Crippen molar-refractivity contribution >= 4 is 11.6 Å². The van der Waals surface area contributed by atoms with Crippen molar-refractivity contribution < 1.29 is 36.2 Å². The number of nitrogens with one attached hydrogen (secondary N) is 1. The van der Waals surface area contributed by atoms with E-state index in [1.165, 1.54) is 23.0 Å². The number of carbonyl (C=O) groups excluding carboxylic acids is 1. The maximum Gasteiger partial charge on any atom is 0.291 e. The third kappa shape index (κ3) is 5.45. The quantitative estimate of drug-likeness (QED) is 0.261. The number of aromatic nitrogens is 2. The summed E-state index contributed by atoms with van der Waals surface area (Å²) in [5, 5.41) is 6.70. The summed E-state index contributed by atoms with van der Waals surface area (Å²) in [7, 11) is 0. The number of nitrogens with zero attached hydrogens (tertiary/aromatic N) is 2. The molecule has 2 aromatic carbocycles. The van der Waals surface area contributed by atoms with Gasteiger partial charge in [-0.15, -0.1) is 0 Å². The molecule has 0 fully saturated rings. The number of benzene rings is 2. The van der Waals surface area contributed by atoms with Gasteiger partial charge in [-0.3, -0.25) is 4.79 Å². The number of carbonyl (C=O) groups is 1. The van der Waals surface area contributed by atoms with Crippen LogP contribution in [0.5, 0.6) is 11.5 Å². The van der Waals surface area contributed by atoms with Crippen molar-refractivity contribution in [2.45, 2.75) is 27.2 Å². The van der Waals surface area contributed by atoms with Gasteiger partial charge in [-0.1, -0.05) is 17.7 Å². The van der Waals surface area contributed by atoms with Crippen molar-refractivity contribution in [1.29, 1.82) is 0 Å². The van der Waals surface area contributed by atoms with Crippen LogP contribution in [-0.4, -0.2) is 15.7 Å². The number of amides is 1. The molecule has 0 aliphatic rings. The zero-order chi connectivity index (χ0) is 25.1. The standard InChI is InChI=1S/C24H19F4N3O4/c1-13-3-5-19(14(2)7-13)34-12-31-10-15(9-29-31)30-24(32)20-6-4-16(35-20)11-33-23-21(27)17(25)8-18(26)22(23)28/h3-10H,11-12H2,1-2H3,(H,30,32). The monoisotopic (exact) mass is 489 g/mol. The summed E-state index contributed by atoms with van der Waals surface area (Å²) in [6, 6.07) is 8.49. The van der Waals surface area contributed by atoms with Gasteiger partial charge in [0.15, 0.2) is 29.9 Å². The smallest absolute Gasteiger partial charge is 0.291 e. The number of anilines is 1. The van der Waals surface area contributed by atoms with Gasteiger partial charge in [0.05, 0.1) is 18.1 Å². The van der Waals surface area contributed by atoms with E-state index in [2.05, 4.69) is 10.4 Å². The minimum Gasteiger partial charge on any atom is -0.479 e. The first-order valence-electron chi connectivity index (χ1n) is 10.3. The van der Waals surface area contributed by atoms with Crippen LogP contribution in [0.25, 0.3) is 0 Å². The Labute approximate surface area is 196 Å². The van der Waals surface area contributed by atoms with Crippen molar-refractivity contribution in [3.05, 3.63) is 94.7 Å². The predicted octanol–water partition coefficient (Wildman–Crippen LogP) is 5.52. The molecule has 11 heteroatoms. The van der Waals surface area contributed by atoms with Crippen LogP contribution in [0, 0.1) is 37.1 Å². The fourth-order valence-electron chi connectivity index (χ4n) is 3.19. The van der Waals surface area contributed by atoms with Crippen molar-refractivity contribution in [3.8, 4) is 11.5 Å². The van der Waals surface area contributed by atoms with Crippen LogP contribution in [-0.2, 0) is 13.3 Å². The Balaban J connectivity index is 1.34. The molecule has 182 valence electrons. The van der Waals surface area contributed by atoms with E-state index < -0.39 is 41.5 Å². The van der Waals surface area contributed by atoms with Crippen molar-refractivity contribution in [1.82, 2.24) is 9.78 Å². The molecule has 1 N–H and O–H groups in total. The first-order valence-corrected chi connectivity index (χ1v) is 10.3. The van der Waals surface area contributed by atoms with Crippen molar-refractivity contribution in [2.24, 2.45) is 0 Å². The molecule has 0 spiro atoms. The Morgan fingerprint density at radius 2 is 1.77 bits per heavy atom. The van der Waals surface area contributed by atoms with Crippen LogP contribution in [0.3, 0.4) is 0 Å². The molecule has 0 aliphatic heterocycles. The van der Waals surface area contributed by atoms with Gasteiger partial charge < -0.3 is 19.2 Å². The zero-order valence-electron chi connectivity index (χ0n) is 18.6. The van der Waals surface area contributed by atoms with E-state index >= 15 is 0 Å². The highest BCUT2D eigenvalue weighted by molar-refractivity contribution is 6.02. The molecule has 0 aliphatic carbocycles. The molecule has 0 saturated heterocycles. The van der Waals surface area contributed by atoms with Gasteiger partial charge in [0, 0.05) is 6.07 Å². The lowest BCUT2D eigenvalue weighted by Gasteiger charge is -2.09. The number of ether oxygens (including phenoxy) is 2. The first kappa shape index (κ1) is 23.9. The summed E-state index contributed by atoms with van der Waals surface area (Å²) in [4.78, 5) is 12.4. The van der Waals surface area contributed by atoms with Crippen molar-refractivity contribution in [3.63, 3.8) is 0 Å². The first-order chi connectivity index (χ1) is 16.7. The van der Waals surface area contributed by atoms with E-state index in [9.17, 15) is 22.4 Å². The third-order valence-corrected chi connectivity index (χ3v) is 4.89. The zero-order valence-corrected chi connectivity index (χ0v) is 18.6. The second kappa shape index (κ2) is 9.92. The number of rotatable bonds is 8. The lowest BCUT2D eigenvalue weighted by molar-refractivity contribution is 0.0992. The fourth-order valence-corrected chi connectivity index (χ4v) is 3.19. The van der Waals surface area contributed by atoms with Gasteiger partial charge in [0.25, 0.3) is 5.91 Å². The highest BCUT2D eigenvalue weighted by Gasteiger charge is 2.21. The van der Waals surface area contributed by atoms with Gasteiger partial charge in [-0.2, -0.15) is 13.9 Å². The second-order valence-corrected chi connectivity index (χ2v) is 7.62. The molecule has 4 rings (SSSR count). The average molecular weight is 489 g/mol. The highest BCUT2D eigenvalue weighted by Crippen LogP contribution is 2.27. The molecule has 0 atom stereocenters. The lowest BCUT2D eigenvalue weighted by Crippen LogP contribution is -2.10. The molecule has 0 saturated carbocycles. The van der Waals surface area contributed by atoms with E-state index in [4.69, 9.17) is 13.9 Å². The number of hydrogen-bond acceptors (Lipinski definition) is 5. The van der Waals surface area contributed by atoms with E-state index in [1.807, 2.05) is 32.0 Å². The summed E-state index contributed by atoms with van der Waals surface area (Å²) in [5.41, 5.74) is 2.47. The summed E-state index contributed by atoms with van der Waals surface area (Å²) < 4.78 is 71.3. The van der Waals surface area contributed by atoms with E-state index in [0.29, 0.717) is 11.4 Å². The van der Waals surface area contributed by atoms with Crippen LogP contribution >= 0.6 is 0 Å². The Bertz CT molecular complexity index is 1360. The second-order valence-electron chi connectivity index (χ2n) is 7.62. The Morgan fingerprint density at radius 3 is 2.49 bits per heavy atom. The largest absolute Gasteiger partial charge is 0.479 e. The average Bonchev–Trinajstić information content (AvgIpc) is 3.47. The van der Waals surface area contributed by atoms with Crippen LogP contribution < -0.4 is 14.8 Å². The van der Waals surface area contributed by atoms with E-state index in [1.54, 1.807) is 6.20 Å². The minimum atomic E-state index is -1.67. The number of halogens is 4. The van der Waals surface area contributed by atoms with Crippen molar-refractivity contribution in [2.75, 3.05) is 5.32 Å². The topological polar surface area (TPSA) is 78.5 Å². The van der Waals surface area contributed by atoms with Gasteiger partial charge in [0.1, 0.15) is 18.1 Å². The molecule has 1 amide bonds. The van der Waals surface area contributed by atoms with Gasteiger partial charge in [0.2, 0.25) is 11.6 Å². The SMILES string of the molecule is Cc1ccc(OCn2cc(NC(=O)c3ccc(COc4c(F)c(F)cc(F)c4F)o3)cn2)c(C)c1. The molecule has 0 unspecified atom stereocenters. The Hall–Kier alpha value is -4.28. The van der Waals surface area contributed by atoms with Gasteiger partial charge in [-0.25, -0.2) is 13.5 Å². The molecule has 4 aromatic rings. The van der Waals surface area contributed by atoms with Crippen LogP contribution in [0.15, 0.2) is 53.2 Å². The summed E-state index contributed by atoms with van der Waals surface area (Å²) in [6.45, 7) is 3.47. The number of furan rings is 1. The van der Waals surface area contributed by atoms with E-state index in [0.717, 1.165) is 11.1 Å². The predicted molar refractivity (Wildman–Crippen MR) is 116 cm³/mol. The highest BCUT2D eigenvalue weighted by atomic mass is 19.2. The van der Waals surface area contributed by atoms with Gasteiger partial charge in [-0.05, 0) is 37.6 Å². The maximum atomic E-state index is 13.7. The molecule has 35 heavy (non-hydrogen) atoms. The number of aryl methyl sites for hydroxylation is 2. The molecule has 0 bridgehead atoms. The Kier molecular flexibility index (Phi) is 6.76. The molecular weight excluding hydrogens is 470 g/mol. The lowest BCUT2D eigenvalue weighted by atomic mass is 10.1. The van der Waals surface area contributed by atoms with E-state index in [-0.39, 0.29) is 24.3 Å². The maximum absolute atomic E-state index is 13.7. The molecular formula is C24H19F4N3O4. The van der Waals surface area contributed by atoms with Crippen LogP contribution in [0.2, 0.25) is 0 Å². The van der Waals surface area contributed by atoms with Crippen LogP contribution in [0.4, 0.5) is 23.2 Å². The summed E-state index contributed by atoms with van der Waals surface area (Å²) in [5.74, 6) is -7.82. The third-order valence-electron chi connectivity index (χ3n) is 4.89. The number of hydrogen-bond donors (Lipinski definition) is 1.